The van der Waals surface area contributed by atoms with Crippen molar-refractivity contribution < 1.29 is 10.2 Å². The molecular formula is C28H43NO2. The van der Waals surface area contributed by atoms with Gasteiger partial charge in [-0.05, 0) is 41.7 Å². The topological polar surface area (TPSA) is 43.7 Å². The van der Waals surface area contributed by atoms with Crippen LogP contribution in [0.15, 0.2) is 24.3 Å². The summed E-state index contributed by atoms with van der Waals surface area (Å²) < 4.78 is 0. The molecule has 0 fully saturated rings. The summed E-state index contributed by atoms with van der Waals surface area (Å²) in [6.45, 7) is 23.6. The van der Waals surface area contributed by atoms with Gasteiger partial charge >= 0.3 is 0 Å². The molecule has 0 amide bonds. The zero-order valence-corrected chi connectivity index (χ0v) is 21.3. The first-order valence-electron chi connectivity index (χ1n) is 11.5. The van der Waals surface area contributed by atoms with Crippen LogP contribution in [0.25, 0.3) is 0 Å². The van der Waals surface area contributed by atoms with E-state index in [4.69, 9.17) is 0 Å². The lowest BCUT2D eigenvalue weighted by atomic mass is 9.83. The molecule has 31 heavy (non-hydrogen) atoms. The molecule has 2 N–H and O–H groups in total. The number of phenolic OH excluding ortho intramolecular Hbond substituents is 2. The average molecular weight is 426 g/mol. The summed E-state index contributed by atoms with van der Waals surface area (Å²) in [5, 5.41) is 22.1. The number of aromatic hydroxyl groups is 2. The maximum atomic E-state index is 11.1. The maximum Gasteiger partial charge on any atom is 0.123 e. The molecule has 0 saturated carbocycles. The largest absolute Gasteiger partial charge is 0.507 e. The highest BCUT2D eigenvalue weighted by molar-refractivity contribution is 5.48. The van der Waals surface area contributed by atoms with E-state index < -0.39 is 0 Å². The van der Waals surface area contributed by atoms with Gasteiger partial charge in [0.1, 0.15) is 11.5 Å². The van der Waals surface area contributed by atoms with Crippen molar-refractivity contribution in [3.05, 3.63) is 57.6 Å². The molecule has 0 saturated heterocycles. The molecule has 0 spiro atoms. The lowest BCUT2D eigenvalue weighted by Gasteiger charge is -2.29. The highest BCUT2D eigenvalue weighted by Crippen LogP contribution is 2.37. The average Bonchev–Trinajstić information content (AvgIpc) is 2.58. The van der Waals surface area contributed by atoms with Crippen molar-refractivity contribution in [2.24, 2.45) is 5.92 Å². The molecule has 2 rings (SSSR count). The molecule has 0 unspecified atom stereocenters. The summed E-state index contributed by atoms with van der Waals surface area (Å²) >= 11 is 0. The van der Waals surface area contributed by atoms with E-state index in [2.05, 4.69) is 98.4 Å². The van der Waals surface area contributed by atoms with E-state index >= 15 is 0 Å². The van der Waals surface area contributed by atoms with Crippen LogP contribution >= 0.6 is 0 Å². The van der Waals surface area contributed by atoms with Gasteiger partial charge in [-0.15, -0.1) is 0 Å². The van der Waals surface area contributed by atoms with E-state index in [0.717, 1.165) is 39.9 Å². The van der Waals surface area contributed by atoms with Crippen molar-refractivity contribution in [1.82, 2.24) is 4.90 Å². The summed E-state index contributed by atoms with van der Waals surface area (Å²) in [6, 6.07) is 8.37. The molecule has 2 aromatic rings. The second kappa shape index (κ2) is 9.24. The van der Waals surface area contributed by atoms with E-state index in [1.54, 1.807) is 0 Å². The Labute approximate surface area is 190 Å². The highest BCUT2D eigenvalue weighted by Gasteiger charge is 2.24. The molecule has 0 bridgehead atoms. The third-order valence-corrected chi connectivity index (χ3v) is 5.69. The number of aryl methyl sites for hydroxylation is 2. The van der Waals surface area contributed by atoms with E-state index in [1.165, 1.54) is 0 Å². The molecule has 3 nitrogen and oxygen atoms in total. The van der Waals surface area contributed by atoms with E-state index in [1.807, 2.05) is 0 Å². The van der Waals surface area contributed by atoms with Crippen LogP contribution in [-0.2, 0) is 23.9 Å². The summed E-state index contributed by atoms with van der Waals surface area (Å²) in [7, 11) is 0. The SMILES string of the molecule is Cc1cc(CN(Cc2cc(C)cc(C(C)(C)C)c2O)CC(C)C)c(O)c(C(C)(C)C)c1. The Hall–Kier alpha value is -2.00. The second-order valence-electron chi connectivity index (χ2n) is 11.7. The van der Waals surface area contributed by atoms with Gasteiger partial charge in [-0.1, -0.05) is 90.8 Å². The van der Waals surface area contributed by atoms with Crippen molar-refractivity contribution in [1.29, 1.82) is 0 Å². The molecule has 0 aromatic heterocycles. The molecule has 0 atom stereocenters. The van der Waals surface area contributed by atoms with Crippen LogP contribution in [0.5, 0.6) is 11.5 Å². The van der Waals surface area contributed by atoms with Crippen LogP contribution in [0.1, 0.15) is 88.8 Å². The van der Waals surface area contributed by atoms with Crippen LogP contribution in [0, 0.1) is 19.8 Å². The van der Waals surface area contributed by atoms with Crippen molar-refractivity contribution in [2.75, 3.05) is 6.54 Å². The first kappa shape index (κ1) is 25.3. The molecule has 0 aliphatic rings. The van der Waals surface area contributed by atoms with Crippen LogP contribution in [0.4, 0.5) is 0 Å². The maximum absolute atomic E-state index is 11.1. The van der Waals surface area contributed by atoms with Crippen molar-refractivity contribution in [3.63, 3.8) is 0 Å². The second-order valence-corrected chi connectivity index (χ2v) is 11.7. The zero-order chi connectivity index (χ0) is 23.7. The smallest absolute Gasteiger partial charge is 0.123 e. The Kier molecular flexibility index (Phi) is 7.53. The minimum Gasteiger partial charge on any atom is -0.507 e. The van der Waals surface area contributed by atoms with E-state index in [0.29, 0.717) is 30.5 Å². The first-order valence-corrected chi connectivity index (χ1v) is 11.5. The Morgan fingerprint density at radius 3 is 1.35 bits per heavy atom. The first-order chi connectivity index (χ1) is 14.1. The van der Waals surface area contributed by atoms with Crippen LogP contribution in [0.2, 0.25) is 0 Å². The Morgan fingerprint density at radius 2 is 1.06 bits per heavy atom. The van der Waals surface area contributed by atoms with Gasteiger partial charge in [-0.3, -0.25) is 4.90 Å². The fraction of sp³-hybridized carbons (Fsp3) is 0.571. The molecular weight excluding hydrogens is 382 g/mol. The fourth-order valence-electron chi connectivity index (χ4n) is 4.28. The summed E-state index contributed by atoms with van der Waals surface area (Å²) in [6.07, 6.45) is 0. The third kappa shape index (κ3) is 6.49. The van der Waals surface area contributed by atoms with Gasteiger partial charge in [0.15, 0.2) is 0 Å². The summed E-state index contributed by atoms with van der Waals surface area (Å²) in [5.74, 6) is 1.27. The molecule has 172 valence electrons. The number of hydrogen-bond donors (Lipinski definition) is 2. The normalized spacial score (nSPS) is 12.8. The third-order valence-electron chi connectivity index (χ3n) is 5.69. The number of phenols is 2. The Bertz CT molecular complexity index is 843. The molecule has 0 aliphatic carbocycles. The number of rotatable bonds is 6. The minimum atomic E-state index is -0.121. The summed E-state index contributed by atoms with van der Waals surface area (Å²) in [4.78, 5) is 2.34. The Balaban J connectivity index is 2.46. The molecule has 3 heteroatoms. The monoisotopic (exact) mass is 425 g/mol. The molecule has 2 aromatic carbocycles. The van der Waals surface area contributed by atoms with Crippen LogP contribution < -0.4 is 0 Å². The van der Waals surface area contributed by atoms with Crippen LogP contribution in [0.3, 0.4) is 0 Å². The fourth-order valence-corrected chi connectivity index (χ4v) is 4.28. The van der Waals surface area contributed by atoms with Crippen molar-refractivity contribution >= 4 is 0 Å². The zero-order valence-electron chi connectivity index (χ0n) is 21.3. The number of nitrogens with zero attached hydrogens (tertiary/aromatic N) is 1. The minimum absolute atomic E-state index is 0.121. The predicted octanol–water partition coefficient (Wildman–Crippen LogP) is 6.97. The van der Waals surface area contributed by atoms with E-state index in [-0.39, 0.29) is 10.8 Å². The highest BCUT2D eigenvalue weighted by atomic mass is 16.3. The molecule has 0 radical (unpaired) electrons. The van der Waals surface area contributed by atoms with Gasteiger partial charge in [0.05, 0.1) is 0 Å². The predicted molar refractivity (Wildman–Crippen MR) is 132 cm³/mol. The van der Waals surface area contributed by atoms with Crippen molar-refractivity contribution in [3.8, 4) is 11.5 Å². The van der Waals surface area contributed by atoms with E-state index in [9.17, 15) is 10.2 Å². The van der Waals surface area contributed by atoms with Gasteiger partial charge in [-0.2, -0.15) is 0 Å². The van der Waals surface area contributed by atoms with Gasteiger partial charge in [-0.25, -0.2) is 0 Å². The van der Waals surface area contributed by atoms with Crippen LogP contribution in [-0.4, -0.2) is 21.7 Å². The van der Waals surface area contributed by atoms with Gasteiger partial charge in [0.25, 0.3) is 0 Å². The van der Waals surface area contributed by atoms with Gasteiger partial charge in [0.2, 0.25) is 0 Å². The lowest BCUT2D eigenvalue weighted by molar-refractivity contribution is 0.221. The summed E-state index contributed by atoms with van der Waals surface area (Å²) in [5.41, 5.74) is 5.96. The lowest BCUT2D eigenvalue weighted by Crippen LogP contribution is -2.28. The Morgan fingerprint density at radius 1 is 0.710 bits per heavy atom. The quantitative estimate of drug-likeness (QED) is 0.525. The molecule has 0 aliphatic heterocycles. The van der Waals surface area contributed by atoms with Gasteiger partial charge < -0.3 is 10.2 Å². The standard InChI is InChI=1S/C28H43NO2/c1-18(2)15-29(16-21-11-19(3)13-23(25(21)30)27(5,6)7)17-22-12-20(4)14-24(26(22)31)28(8,9)10/h11-14,18,30-31H,15-17H2,1-10H3. The van der Waals surface area contributed by atoms with Gasteiger partial charge in [0, 0.05) is 30.8 Å². The number of hydrogen-bond acceptors (Lipinski definition) is 3. The van der Waals surface area contributed by atoms with Crippen molar-refractivity contribution in [2.45, 2.75) is 93.2 Å². The number of benzene rings is 2. The molecule has 0 heterocycles.